The second kappa shape index (κ2) is 8.39. The molecule has 0 aliphatic rings. The molecule has 0 aliphatic heterocycles. The number of aromatic nitrogens is 3. The van der Waals surface area contributed by atoms with Crippen molar-refractivity contribution < 1.29 is 14.3 Å². The van der Waals surface area contributed by atoms with E-state index in [9.17, 15) is 4.79 Å². The molecule has 0 unspecified atom stereocenters. The summed E-state index contributed by atoms with van der Waals surface area (Å²) in [5, 5.41) is 17.0. The van der Waals surface area contributed by atoms with Crippen molar-refractivity contribution in [2.45, 2.75) is 19.8 Å². The van der Waals surface area contributed by atoms with Crippen LogP contribution in [0.25, 0.3) is 11.0 Å². The van der Waals surface area contributed by atoms with Gasteiger partial charge in [0.15, 0.2) is 17.1 Å². The van der Waals surface area contributed by atoms with Crippen molar-refractivity contribution >= 4 is 22.6 Å². The van der Waals surface area contributed by atoms with E-state index < -0.39 is 0 Å². The van der Waals surface area contributed by atoms with E-state index in [0.717, 1.165) is 16.7 Å². The van der Waals surface area contributed by atoms with Crippen LogP contribution >= 0.6 is 0 Å². The fourth-order valence-corrected chi connectivity index (χ4v) is 2.87. The van der Waals surface area contributed by atoms with Gasteiger partial charge >= 0.3 is 0 Å². The van der Waals surface area contributed by atoms with Crippen molar-refractivity contribution in [3.05, 3.63) is 41.7 Å². The smallest absolute Gasteiger partial charge is 0.224 e. The third kappa shape index (κ3) is 4.20. The third-order valence-electron chi connectivity index (χ3n) is 4.25. The van der Waals surface area contributed by atoms with Crippen LogP contribution in [0.2, 0.25) is 0 Å². The summed E-state index contributed by atoms with van der Waals surface area (Å²) in [6.07, 6.45) is 2.47. The molecule has 2 heterocycles. The Balaban J connectivity index is 1.51. The van der Waals surface area contributed by atoms with Gasteiger partial charge in [-0.3, -0.25) is 9.48 Å². The number of carbonyl (C=O) groups is 1. The van der Waals surface area contributed by atoms with Gasteiger partial charge in [0.2, 0.25) is 5.91 Å². The average Bonchev–Trinajstić information content (AvgIpc) is 2.98. The van der Waals surface area contributed by atoms with Crippen LogP contribution in [0.5, 0.6) is 11.5 Å². The first-order valence-electron chi connectivity index (χ1n) is 8.82. The Morgan fingerprint density at radius 2 is 2.14 bits per heavy atom. The molecule has 0 bridgehead atoms. The van der Waals surface area contributed by atoms with E-state index in [1.807, 2.05) is 20.0 Å². The molecule has 3 rings (SSSR count). The largest absolute Gasteiger partial charge is 0.493 e. The fourth-order valence-electron chi connectivity index (χ4n) is 2.87. The molecular weight excluding hydrogens is 358 g/mol. The number of nitrogens with zero attached hydrogens (tertiary/aromatic N) is 4. The number of ether oxygens (including phenoxy) is 2. The van der Waals surface area contributed by atoms with Gasteiger partial charge in [0.1, 0.15) is 0 Å². The zero-order valence-electron chi connectivity index (χ0n) is 16.0. The summed E-state index contributed by atoms with van der Waals surface area (Å²) < 4.78 is 12.6. The van der Waals surface area contributed by atoms with E-state index in [2.05, 4.69) is 21.5 Å². The highest BCUT2D eigenvalue weighted by molar-refractivity contribution is 5.93. The van der Waals surface area contributed by atoms with Gasteiger partial charge < -0.3 is 14.8 Å². The SMILES string of the molecule is COc1cc(C#N)ccc1OCCCC(=O)Nc1cnc2c(c1)c(C)nn2C. The summed E-state index contributed by atoms with van der Waals surface area (Å²) in [5.41, 5.74) is 2.78. The lowest BCUT2D eigenvalue weighted by atomic mass is 10.2. The molecule has 0 saturated heterocycles. The highest BCUT2D eigenvalue weighted by Crippen LogP contribution is 2.28. The number of pyridine rings is 1. The molecule has 28 heavy (non-hydrogen) atoms. The molecule has 0 aliphatic carbocycles. The maximum absolute atomic E-state index is 12.2. The molecule has 3 aromatic rings. The molecule has 1 aromatic carbocycles. The number of methoxy groups -OCH3 is 1. The standard InChI is InChI=1S/C20H21N5O3/c1-13-16-10-15(12-22-20(16)25(2)24-13)23-19(26)5-4-8-28-17-7-6-14(11-21)9-18(17)27-3/h6-7,9-10,12H,4-5,8H2,1-3H3,(H,23,26). The number of nitriles is 1. The topological polar surface area (TPSA) is 102 Å². The van der Waals surface area contributed by atoms with Gasteiger partial charge in [-0.25, -0.2) is 4.98 Å². The minimum Gasteiger partial charge on any atom is -0.493 e. The number of aryl methyl sites for hydroxylation is 2. The number of rotatable bonds is 7. The van der Waals surface area contributed by atoms with Gasteiger partial charge in [-0.15, -0.1) is 0 Å². The van der Waals surface area contributed by atoms with Crippen LogP contribution in [-0.4, -0.2) is 34.4 Å². The van der Waals surface area contributed by atoms with Crippen LogP contribution in [-0.2, 0) is 11.8 Å². The molecule has 1 N–H and O–H groups in total. The zero-order valence-corrected chi connectivity index (χ0v) is 16.0. The predicted molar refractivity (Wildman–Crippen MR) is 104 cm³/mol. The third-order valence-corrected chi connectivity index (χ3v) is 4.25. The van der Waals surface area contributed by atoms with Crippen LogP contribution in [0.4, 0.5) is 5.69 Å². The Morgan fingerprint density at radius 1 is 1.32 bits per heavy atom. The summed E-state index contributed by atoms with van der Waals surface area (Å²) in [5.74, 6) is 0.927. The van der Waals surface area contributed by atoms with Crippen molar-refractivity contribution in [3.63, 3.8) is 0 Å². The number of hydrogen-bond donors (Lipinski definition) is 1. The van der Waals surface area contributed by atoms with E-state index >= 15 is 0 Å². The Kier molecular flexibility index (Phi) is 5.75. The molecule has 0 saturated carbocycles. The minimum atomic E-state index is -0.113. The molecule has 2 aromatic heterocycles. The van der Waals surface area contributed by atoms with E-state index in [0.29, 0.717) is 42.2 Å². The lowest BCUT2D eigenvalue weighted by Gasteiger charge is -2.11. The van der Waals surface area contributed by atoms with Crippen LogP contribution in [0, 0.1) is 18.3 Å². The first-order valence-corrected chi connectivity index (χ1v) is 8.82. The number of fused-ring (bicyclic) bond motifs is 1. The average molecular weight is 379 g/mol. The Morgan fingerprint density at radius 3 is 2.89 bits per heavy atom. The summed E-state index contributed by atoms with van der Waals surface area (Å²) in [6.45, 7) is 2.26. The first kappa shape index (κ1) is 19.2. The quantitative estimate of drug-likeness (QED) is 0.633. The van der Waals surface area contributed by atoms with Crippen LogP contribution in [0.15, 0.2) is 30.5 Å². The van der Waals surface area contributed by atoms with Crippen molar-refractivity contribution in [2.75, 3.05) is 19.0 Å². The number of nitrogens with one attached hydrogen (secondary N) is 1. The van der Waals surface area contributed by atoms with Gasteiger partial charge in [0.05, 0.1) is 42.9 Å². The Hall–Kier alpha value is -3.60. The summed E-state index contributed by atoms with van der Waals surface area (Å²) in [4.78, 5) is 16.5. The Labute approximate surface area is 162 Å². The number of anilines is 1. The van der Waals surface area contributed by atoms with Gasteiger partial charge in [-0.2, -0.15) is 10.4 Å². The van der Waals surface area contributed by atoms with Crippen molar-refractivity contribution in [1.82, 2.24) is 14.8 Å². The number of hydrogen-bond acceptors (Lipinski definition) is 6. The molecule has 0 radical (unpaired) electrons. The summed E-state index contributed by atoms with van der Waals surface area (Å²) in [7, 11) is 3.36. The minimum absolute atomic E-state index is 0.113. The van der Waals surface area contributed by atoms with Gasteiger partial charge in [0.25, 0.3) is 0 Å². The first-order chi connectivity index (χ1) is 13.5. The molecule has 0 spiro atoms. The second-order valence-corrected chi connectivity index (χ2v) is 6.28. The molecule has 0 fully saturated rings. The number of carbonyl (C=O) groups excluding carboxylic acids is 1. The maximum atomic E-state index is 12.2. The van der Waals surface area contributed by atoms with E-state index in [4.69, 9.17) is 14.7 Å². The highest BCUT2D eigenvalue weighted by Gasteiger charge is 2.10. The summed E-state index contributed by atoms with van der Waals surface area (Å²) >= 11 is 0. The predicted octanol–water partition coefficient (Wildman–Crippen LogP) is 2.95. The van der Waals surface area contributed by atoms with Crippen molar-refractivity contribution in [3.8, 4) is 17.6 Å². The van der Waals surface area contributed by atoms with Crippen LogP contribution < -0.4 is 14.8 Å². The van der Waals surface area contributed by atoms with Crippen LogP contribution in [0.1, 0.15) is 24.1 Å². The van der Waals surface area contributed by atoms with Crippen molar-refractivity contribution in [2.24, 2.45) is 7.05 Å². The highest BCUT2D eigenvalue weighted by atomic mass is 16.5. The lowest BCUT2D eigenvalue weighted by Crippen LogP contribution is -2.13. The van der Waals surface area contributed by atoms with E-state index in [1.54, 1.807) is 29.1 Å². The number of amides is 1. The fraction of sp³-hybridized carbons (Fsp3) is 0.300. The maximum Gasteiger partial charge on any atom is 0.224 e. The van der Waals surface area contributed by atoms with Crippen LogP contribution in [0.3, 0.4) is 0 Å². The van der Waals surface area contributed by atoms with E-state index in [-0.39, 0.29) is 5.91 Å². The Bertz CT molecular complexity index is 1050. The molecule has 1 amide bonds. The molecule has 0 atom stereocenters. The number of benzene rings is 1. The monoisotopic (exact) mass is 379 g/mol. The molecular formula is C20H21N5O3. The van der Waals surface area contributed by atoms with Gasteiger partial charge in [0, 0.05) is 24.9 Å². The lowest BCUT2D eigenvalue weighted by molar-refractivity contribution is -0.116. The molecule has 8 nitrogen and oxygen atoms in total. The second-order valence-electron chi connectivity index (χ2n) is 6.28. The van der Waals surface area contributed by atoms with E-state index in [1.165, 1.54) is 7.11 Å². The molecule has 8 heteroatoms. The zero-order chi connectivity index (χ0) is 20.1. The van der Waals surface area contributed by atoms with Gasteiger partial charge in [-0.1, -0.05) is 0 Å². The normalized spacial score (nSPS) is 10.5. The summed E-state index contributed by atoms with van der Waals surface area (Å²) in [6, 6.07) is 8.89. The molecule has 144 valence electrons. The van der Waals surface area contributed by atoms with Gasteiger partial charge in [-0.05, 0) is 31.5 Å². The van der Waals surface area contributed by atoms with Crippen molar-refractivity contribution in [1.29, 1.82) is 5.26 Å².